The Labute approximate surface area is 100 Å². The molecule has 1 aromatic heterocycles. The topological polar surface area (TPSA) is 63.0 Å². The van der Waals surface area contributed by atoms with E-state index in [4.69, 9.17) is 4.42 Å². The van der Waals surface area contributed by atoms with Gasteiger partial charge in [0.15, 0.2) is 0 Å². The van der Waals surface area contributed by atoms with Crippen molar-refractivity contribution in [3.8, 4) is 0 Å². The fourth-order valence-electron chi connectivity index (χ4n) is 1.70. The van der Waals surface area contributed by atoms with Crippen molar-refractivity contribution in [2.45, 2.75) is 20.4 Å². The second kappa shape index (κ2) is 4.97. The van der Waals surface area contributed by atoms with E-state index in [0.717, 1.165) is 5.69 Å². The van der Waals surface area contributed by atoms with Gasteiger partial charge in [-0.2, -0.15) is 0 Å². The molecule has 2 aromatic rings. The minimum atomic E-state index is 0.417. The largest absolute Gasteiger partial charge is 0.406 e. The fraction of sp³-hybridized carbons (Fsp3) is 0.333. The van der Waals surface area contributed by atoms with Crippen LogP contribution in [0.2, 0.25) is 0 Å². The predicted octanol–water partition coefficient (Wildman–Crippen LogP) is 2.15. The highest BCUT2D eigenvalue weighted by Gasteiger charge is 2.05. The van der Waals surface area contributed by atoms with Gasteiger partial charge in [0, 0.05) is 5.69 Å². The van der Waals surface area contributed by atoms with Crippen molar-refractivity contribution < 1.29 is 4.42 Å². The maximum atomic E-state index is 5.41. The number of aryl methyl sites for hydroxylation is 2. The first-order valence-corrected chi connectivity index (χ1v) is 5.49. The molecule has 0 unspecified atom stereocenters. The minimum absolute atomic E-state index is 0.417. The summed E-state index contributed by atoms with van der Waals surface area (Å²) in [6.45, 7) is 4.68. The molecule has 0 radical (unpaired) electrons. The molecule has 0 saturated heterocycles. The molecule has 0 fully saturated rings. The average molecular weight is 232 g/mol. The zero-order valence-corrected chi connectivity index (χ0v) is 10.2. The van der Waals surface area contributed by atoms with Gasteiger partial charge in [0.2, 0.25) is 5.89 Å². The van der Waals surface area contributed by atoms with Gasteiger partial charge in [-0.05, 0) is 44.2 Å². The van der Waals surface area contributed by atoms with E-state index in [2.05, 4.69) is 40.7 Å². The summed E-state index contributed by atoms with van der Waals surface area (Å²) in [6.07, 6.45) is 0. The molecule has 0 amide bonds. The van der Waals surface area contributed by atoms with Gasteiger partial charge >= 0.3 is 6.01 Å². The summed E-state index contributed by atoms with van der Waals surface area (Å²) in [6, 6.07) is 6.61. The normalized spacial score (nSPS) is 10.5. The van der Waals surface area contributed by atoms with Gasteiger partial charge in [-0.1, -0.05) is 11.2 Å². The van der Waals surface area contributed by atoms with E-state index in [0.29, 0.717) is 18.5 Å². The van der Waals surface area contributed by atoms with Crippen LogP contribution in [-0.2, 0) is 6.54 Å². The molecule has 0 bridgehead atoms. The highest BCUT2D eigenvalue weighted by Crippen LogP contribution is 2.18. The van der Waals surface area contributed by atoms with Crippen LogP contribution in [0.1, 0.15) is 17.0 Å². The maximum Gasteiger partial charge on any atom is 0.320 e. The molecule has 0 aliphatic heterocycles. The third-order valence-corrected chi connectivity index (χ3v) is 2.27. The van der Waals surface area contributed by atoms with Crippen molar-refractivity contribution in [3.63, 3.8) is 0 Å². The van der Waals surface area contributed by atoms with Gasteiger partial charge < -0.3 is 15.1 Å². The third kappa shape index (κ3) is 3.04. The summed E-state index contributed by atoms with van der Waals surface area (Å²) in [5, 5.41) is 13.9. The first kappa shape index (κ1) is 11.6. The van der Waals surface area contributed by atoms with Crippen LogP contribution in [0, 0.1) is 13.8 Å². The molecule has 1 heterocycles. The molecule has 5 heteroatoms. The van der Waals surface area contributed by atoms with Gasteiger partial charge in [0.1, 0.15) is 0 Å². The average Bonchev–Trinajstić information content (AvgIpc) is 2.64. The Morgan fingerprint density at radius 1 is 1.12 bits per heavy atom. The van der Waals surface area contributed by atoms with E-state index in [9.17, 15) is 0 Å². The van der Waals surface area contributed by atoms with Crippen LogP contribution in [0.5, 0.6) is 0 Å². The van der Waals surface area contributed by atoms with Crippen LogP contribution in [0.4, 0.5) is 11.7 Å². The van der Waals surface area contributed by atoms with Crippen LogP contribution in [0.15, 0.2) is 22.6 Å². The number of benzene rings is 1. The van der Waals surface area contributed by atoms with Crippen molar-refractivity contribution in [2.24, 2.45) is 0 Å². The van der Waals surface area contributed by atoms with Crippen LogP contribution in [0.25, 0.3) is 0 Å². The van der Waals surface area contributed by atoms with Crippen molar-refractivity contribution in [2.75, 3.05) is 12.4 Å². The van der Waals surface area contributed by atoms with Crippen LogP contribution in [0.3, 0.4) is 0 Å². The first-order valence-electron chi connectivity index (χ1n) is 5.49. The van der Waals surface area contributed by atoms with Crippen molar-refractivity contribution in [1.82, 2.24) is 15.5 Å². The molecule has 0 saturated carbocycles. The van der Waals surface area contributed by atoms with Gasteiger partial charge in [0.05, 0.1) is 6.54 Å². The molecule has 5 nitrogen and oxygen atoms in total. The summed E-state index contributed by atoms with van der Waals surface area (Å²) >= 11 is 0. The number of aromatic nitrogens is 2. The van der Waals surface area contributed by atoms with E-state index in [1.54, 1.807) is 0 Å². The summed E-state index contributed by atoms with van der Waals surface area (Å²) in [4.78, 5) is 0. The number of nitrogens with one attached hydrogen (secondary N) is 2. The van der Waals surface area contributed by atoms with Crippen molar-refractivity contribution in [1.29, 1.82) is 0 Å². The van der Waals surface area contributed by atoms with E-state index in [-0.39, 0.29) is 0 Å². The second-order valence-corrected chi connectivity index (χ2v) is 4.03. The van der Waals surface area contributed by atoms with Crippen molar-refractivity contribution in [3.05, 3.63) is 35.2 Å². The standard InChI is InChI=1S/C12H16N4O/c1-8-4-9(2)6-10(5-8)14-12-16-15-11(17-12)7-13-3/h4-6,13H,7H2,1-3H3,(H,14,16). The van der Waals surface area contributed by atoms with Crippen LogP contribution < -0.4 is 10.6 Å². The summed E-state index contributed by atoms with van der Waals surface area (Å²) in [5.41, 5.74) is 3.35. The van der Waals surface area contributed by atoms with Gasteiger partial charge in [0.25, 0.3) is 0 Å². The summed E-state index contributed by atoms with van der Waals surface area (Å²) in [7, 11) is 1.83. The van der Waals surface area contributed by atoms with Crippen molar-refractivity contribution >= 4 is 11.7 Å². The zero-order chi connectivity index (χ0) is 12.3. The molecule has 2 N–H and O–H groups in total. The zero-order valence-electron chi connectivity index (χ0n) is 10.2. The lowest BCUT2D eigenvalue weighted by Gasteiger charge is -2.04. The van der Waals surface area contributed by atoms with E-state index < -0.39 is 0 Å². The number of hydrogen-bond donors (Lipinski definition) is 2. The molecule has 17 heavy (non-hydrogen) atoms. The van der Waals surface area contributed by atoms with Crippen LogP contribution in [-0.4, -0.2) is 17.2 Å². The Morgan fingerprint density at radius 2 is 1.82 bits per heavy atom. The Bertz CT molecular complexity index is 487. The monoisotopic (exact) mass is 232 g/mol. The number of anilines is 2. The molecule has 0 atom stereocenters. The molecule has 0 spiro atoms. The predicted molar refractivity (Wildman–Crippen MR) is 66.3 cm³/mol. The Hall–Kier alpha value is -1.88. The van der Waals surface area contributed by atoms with E-state index in [1.165, 1.54) is 11.1 Å². The lowest BCUT2D eigenvalue weighted by Crippen LogP contribution is -2.04. The summed E-state index contributed by atoms with van der Waals surface area (Å²) < 4.78 is 5.41. The first-order chi connectivity index (χ1) is 8.17. The van der Waals surface area contributed by atoms with E-state index >= 15 is 0 Å². The van der Waals surface area contributed by atoms with Gasteiger partial charge in [-0.25, -0.2) is 0 Å². The van der Waals surface area contributed by atoms with Gasteiger partial charge in [-0.3, -0.25) is 0 Å². The third-order valence-electron chi connectivity index (χ3n) is 2.27. The van der Waals surface area contributed by atoms with Crippen LogP contribution >= 0.6 is 0 Å². The minimum Gasteiger partial charge on any atom is -0.406 e. The second-order valence-electron chi connectivity index (χ2n) is 4.03. The SMILES string of the molecule is CNCc1nnc(Nc2cc(C)cc(C)c2)o1. The smallest absolute Gasteiger partial charge is 0.320 e. The quantitative estimate of drug-likeness (QED) is 0.845. The highest BCUT2D eigenvalue weighted by molar-refractivity contribution is 5.54. The molecule has 0 aliphatic rings. The Morgan fingerprint density at radius 3 is 2.47 bits per heavy atom. The number of rotatable bonds is 4. The Kier molecular flexibility index (Phi) is 3.39. The molecule has 0 aliphatic carbocycles. The maximum absolute atomic E-state index is 5.41. The molecular formula is C12H16N4O. The van der Waals surface area contributed by atoms with Gasteiger partial charge in [-0.15, -0.1) is 5.10 Å². The molecule has 2 rings (SSSR count). The molecule has 90 valence electrons. The lowest BCUT2D eigenvalue weighted by molar-refractivity contribution is 0.493. The summed E-state index contributed by atoms with van der Waals surface area (Å²) in [5.74, 6) is 0.569. The highest BCUT2D eigenvalue weighted by atomic mass is 16.4. The lowest BCUT2D eigenvalue weighted by atomic mass is 10.1. The fourth-order valence-corrected chi connectivity index (χ4v) is 1.70. The Balaban J connectivity index is 2.13. The van der Waals surface area contributed by atoms with E-state index in [1.807, 2.05) is 19.2 Å². The number of nitrogens with zero attached hydrogens (tertiary/aromatic N) is 2. The molecular weight excluding hydrogens is 216 g/mol. The molecule has 1 aromatic carbocycles. The number of hydrogen-bond acceptors (Lipinski definition) is 5.